The van der Waals surface area contributed by atoms with Gasteiger partial charge in [-0.15, -0.1) is 0 Å². The molecule has 0 saturated carbocycles. The lowest BCUT2D eigenvalue weighted by molar-refractivity contribution is -0.0240. The molecule has 0 aliphatic carbocycles. The van der Waals surface area contributed by atoms with Crippen molar-refractivity contribution in [3.05, 3.63) is 0 Å². The largest absolute Gasteiger partial charge is 0.300 e. The first kappa shape index (κ1) is 15.8. The Morgan fingerprint density at radius 3 is 2.05 bits per heavy atom. The van der Waals surface area contributed by atoms with Gasteiger partial charge in [0.25, 0.3) is 0 Å². The van der Waals surface area contributed by atoms with Crippen molar-refractivity contribution in [1.29, 1.82) is 0 Å². The molecule has 3 nitrogen and oxygen atoms in total. The Kier molecular flexibility index (Phi) is 4.92. The van der Waals surface area contributed by atoms with E-state index in [-0.39, 0.29) is 0 Å². The molecule has 0 bridgehead atoms. The lowest BCUT2D eigenvalue weighted by atomic mass is 9.85. The molecule has 3 aliphatic heterocycles. The molecule has 3 fully saturated rings. The van der Waals surface area contributed by atoms with Gasteiger partial charge >= 0.3 is 0 Å². The highest BCUT2D eigenvalue weighted by atomic mass is 15.3. The zero-order valence-electron chi connectivity index (χ0n) is 14.6. The molecule has 0 N–H and O–H groups in total. The molecular weight excluding hydrogens is 258 g/mol. The minimum absolute atomic E-state index is 0.743. The summed E-state index contributed by atoms with van der Waals surface area (Å²) in [7, 11) is 0. The van der Waals surface area contributed by atoms with E-state index in [2.05, 4.69) is 42.4 Å². The van der Waals surface area contributed by atoms with Crippen molar-refractivity contribution < 1.29 is 0 Å². The summed E-state index contributed by atoms with van der Waals surface area (Å²) in [6.07, 6.45) is 2.86. The molecule has 0 aromatic carbocycles. The fraction of sp³-hybridized carbons (Fsp3) is 1.00. The lowest BCUT2D eigenvalue weighted by Gasteiger charge is -2.51. The van der Waals surface area contributed by atoms with Gasteiger partial charge in [0.1, 0.15) is 0 Å². The van der Waals surface area contributed by atoms with Crippen LogP contribution in [0.2, 0.25) is 0 Å². The van der Waals surface area contributed by atoms with Crippen LogP contribution in [0.4, 0.5) is 0 Å². The lowest BCUT2D eigenvalue weighted by Crippen LogP contribution is -2.64. The predicted molar refractivity (Wildman–Crippen MR) is 89.6 cm³/mol. The van der Waals surface area contributed by atoms with Gasteiger partial charge in [-0.05, 0) is 57.5 Å². The Morgan fingerprint density at radius 2 is 1.52 bits per heavy atom. The van der Waals surface area contributed by atoms with E-state index in [4.69, 9.17) is 0 Å². The van der Waals surface area contributed by atoms with Crippen LogP contribution in [0.1, 0.15) is 40.5 Å². The highest BCUT2D eigenvalue weighted by molar-refractivity contribution is 4.93. The van der Waals surface area contributed by atoms with Crippen LogP contribution in [0.3, 0.4) is 0 Å². The molecule has 0 unspecified atom stereocenters. The van der Waals surface area contributed by atoms with Crippen molar-refractivity contribution in [3.63, 3.8) is 0 Å². The number of hydrogen-bond acceptors (Lipinski definition) is 3. The van der Waals surface area contributed by atoms with Crippen LogP contribution in [0.5, 0.6) is 0 Å². The molecule has 0 aromatic rings. The SMILES string of the molecule is CC(C)C1CCN(C2CN(CC3CN(C(C)C)C3)C2)CC1. The maximum atomic E-state index is 2.77. The average molecular weight is 293 g/mol. The van der Waals surface area contributed by atoms with E-state index in [9.17, 15) is 0 Å². The monoisotopic (exact) mass is 293 g/mol. The first-order valence-corrected chi connectivity index (χ1v) is 9.23. The van der Waals surface area contributed by atoms with Crippen LogP contribution in [-0.2, 0) is 0 Å². The third kappa shape index (κ3) is 3.62. The maximum absolute atomic E-state index is 2.77. The Morgan fingerprint density at radius 1 is 0.905 bits per heavy atom. The number of nitrogens with zero attached hydrogens (tertiary/aromatic N) is 3. The van der Waals surface area contributed by atoms with Crippen LogP contribution < -0.4 is 0 Å². The van der Waals surface area contributed by atoms with E-state index in [1.807, 2.05) is 0 Å². The predicted octanol–water partition coefficient (Wildman–Crippen LogP) is 2.38. The van der Waals surface area contributed by atoms with Crippen molar-refractivity contribution in [1.82, 2.24) is 14.7 Å². The van der Waals surface area contributed by atoms with E-state index >= 15 is 0 Å². The number of hydrogen-bond donors (Lipinski definition) is 0. The van der Waals surface area contributed by atoms with Gasteiger partial charge in [-0.2, -0.15) is 0 Å². The Balaban J connectivity index is 1.30. The van der Waals surface area contributed by atoms with E-state index < -0.39 is 0 Å². The fourth-order valence-electron chi connectivity index (χ4n) is 4.39. The van der Waals surface area contributed by atoms with Gasteiger partial charge in [0.2, 0.25) is 0 Å². The van der Waals surface area contributed by atoms with E-state index in [0.29, 0.717) is 0 Å². The van der Waals surface area contributed by atoms with Crippen molar-refractivity contribution in [2.24, 2.45) is 17.8 Å². The normalized spacial score (nSPS) is 28.3. The van der Waals surface area contributed by atoms with Crippen LogP contribution >= 0.6 is 0 Å². The molecule has 0 radical (unpaired) electrons. The van der Waals surface area contributed by atoms with Crippen LogP contribution in [-0.4, -0.2) is 72.6 Å². The maximum Gasteiger partial charge on any atom is 0.0350 e. The van der Waals surface area contributed by atoms with Gasteiger partial charge in [-0.25, -0.2) is 0 Å². The van der Waals surface area contributed by atoms with Crippen molar-refractivity contribution in [3.8, 4) is 0 Å². The third-order valence-electron chi connectivity index (χ3n) is 6.20. The number of rotatable bonds is 5. The van der Waals surface area contributed by atoms with Crippen molar-refractivity contribution in [2.75, 3.05) is 45.8 Å². The molecule has 0 aromatic heterocycles. The summed E-state index contributed by atoms with van der Waals surface area (Å²) in [6, 6.07) is 1.62. The average Bonchev–Trinajstić information content (AvgIpc) is 2.34. The van der Waals surface area contributed by atoms with Gasteiger partial charge in [-0.1, -0.05) is 13.8 Å². The smallest absolute Gasteiger partial charge is 0.0350 e. The summed E-state index contributed by atoms with van der Waals surface area (Å²) in [5.74, 6) is 2.81. The quantitative estimate of drug-likeness (QED) is 0.770. The summed E-state index contributed by atoms with van der Waals surface area (Å²) in [4.78, 5) is 8.07. The molecule has 3 heterocycles. The topological polar surface area (TPSA) is 9.72 Å². The molecule has 0 atom stereocenters. The zero-order chi connectivity index (χ0) is 15.0. The van der Waals surface area contributed by atoms with Gasteiger partial charge in [0.15, 0.2) is 0 Å². The molecule has 3 saturated heterocycles. The van der Waals surface area contributed by atoms with Crippen molar-refractivity contribution >= 4 is 0 Å². The minimum Gasteiger partial charge on any atom is -0.300 e. The molecule has 0 spiro atoms. The third-order valence-corrected chi connectivity index (χ3v) is 6.20. The van der Waals surface area contributed by atoms with E-state index in [1.54, 1.807) is 0 Å². The Bertz CT molecular complexity index is 321. The van der Waals surface area contributed by atoms with Crippen LogP contribution in [0, 0.1) is 17.8 Å². The van der Waals surface area contributed by atoms with Crippen LogP contribution in [0.15, 0.2) is 0 Å². The molecule has 122 valence electrons. The van der Waals surface area contributed by atoms with Gasteiger partial charge in [-0.3, -0.25) is 9.80 Å². The summed E-state index contributed by atoms with van der Waals surface area (Å²) in [6.45, 7) is 18.8. The molecular formula is C18H35N3. The Labute approximate surface area is 131 Å². The summed E-state index contributed by atoms with van der Waals surface area (Å²) >= 11 is 0. The first-order valence-electron chi connectivity index (χ1n) is 9.23. The van der Waals surface area contributed by atoms with Gasteiger partial charge < -0.3 is 4.90 Å². The number of likely N-dealkylation sites (tertiary alicyclic amines) is 3. The molecule has 3 heteroatoms. The first-order chi connectivity index (χ1) is 10.0. The van der Waals surface area contributed by atoms with Crippen molar-refractivity contribution in [2.45, 2.75) is 52.6 Å². The van der Waals surface area contributed by atoms with E-state index in [1.165, 1.54) is 58.7 Å². The van der Waals surface area contributed by atoms with E-state index in [0.717, 1.165) is 29.8 Å². The number of piperidine rings is 1. The molecule has 3 rings (SSSR count). The second kappa shape index (κ2) is 6.55. The second-order valence-corrected chi connectivity index (χ2v) is 8.40. The molecule has 21 heavy (non-hydrogen) atoms. The van der Waals surface area contributed by atoms with Crippen LogP contribution in [0.25, 0.3) is 0 Å². The molecule has 0 amide bonds. The standard InChI is InChI=1S/C18H35N3/c1-14(2)17-5-7-20(8-6-17)18-12-19(13-18)9-16-10-21(11-16)15(3)4/h14-18H,5-13H2,1-4H3. The summed E-state index contributed by atoms with van der Waals surface area (Å²) < 4.78 is 0. The summed E-state index contributed by atoms with van der Waals surface area (Å²) in [5.41, 5.74) is 0. The highest BCUT2D eigenvalue weighted by Gasteiger charge is 2.37. The fourth-order valence-corrected chi connectivity index (χ4v) is 4.39. The zero-order valence-corrected chi connectivity index (χ0v) is 14.6. The van der Waals surface area contributed by atoms with Gasteiger partial charge in [0, 0.05) is 44.8 Å². The van der Waals surface area contributed by atoms with Gasteiger partial charge in [0.05, 0.1) is 0 Å². The molecule has 3 aliphatic rings. The minimum atomic E-state index is 0.743. The highest BCUT2D eigenvalue weighted by Crippen LogP contribution is 2.28. The second-order valence-electron chi connectivity index (χ2n) is 8.40. The summed E-state index contributed by atoms with van der Waals surface area (Å²) in [5, 5.41) is 0. The Hall–Kier alpha value is -0.120.